The van der Waals surface area contributed by atoms with Crippen LogP contribution in [0.1, 0.15) is 44.3 Å². The van der Waals surface area contributed by atoms with Crippen molar-refractivity contribution >= 4 is 22.6 Å². The monoisotopic (exact) mass is 332 g/mol. The first-order valence-corrected chi connectivity index (χ1v) is 7.09. The quantitative estimate of drug-likeness (QED) is 0.846. The van der Waals surface area contributed by atoms with Crippen LogP contribution in [0.3, 0.4) is 0 Å². The Hall–Kier alpha value is -0.100. The van der Waals surface area contributed by atoms with Gasteiger partial charge in [0.05, 0.1) is 6.10 Å². The normalized spacial score (nSPS) is 33.4. The summed E-state index contributed by atoms with van der Waals surface area (Å²) in [4.78, 5) is 0. The first-order valence-electron chi connectivity index (χ1n) is 6.01. The Morgan fingerprint density at radius 3 is 2.62 bits per heavy atom. The smallest absolute Gasteiger partial charge is 0.123 e. The number of halogens is 1. The Balaban J connectivity index is 1.86. The summed E-state index contributed by atoms with van der Waals surface area (Å²) >= 11 is 2.29. The van der Waals surface area contributed by atoms with Gasteiger partial charge in [-0.05, 0) is 67.2 Å². The third-order valence-corrected chi connectivity index (χ3v) is 4.51. The second-order valence-electron chi connectivity index (χ2n) is 5.41. The Kier molecular flexibility index (Phi) is 2.55. The van der Waals surface area contributed by atoms with Gasteiger partial charge in [-0.25, -0.2) is 0 Å². The zero-order valence-corrected chi connectivity index (χ0v) is 11.8. The summed E-state index contributed by atoms with van der Waals surface area (Å²) in [6.07, 6.45) is 1.95. The molecule has 16 heavy (non-hydrogen) atoms. The minimum absolute atomic E-state index is 0.0410. The maximum Gasteiger partial charge on any atom is 0.123 e. The number of aromatic nitrogens is 2. The summed E-state index contributed by atoms with van der Waals surface area (Å²) in [5.74, 6) is 2.11. The maximum absolute atomic E-state index is 9.55. The molecule has 1 N–H and O–H groups in total. The van der Waals surface area contributed by atoms with E-state index in [-0.39, 0.29) is 6.10 Å². The zero-order chi connectivity index (χ0) is 11.4. The molecule has 0 unspecified atom stereocenters. The van der Waals surface area contributed by atoms with E-state index in [1.165, 1.54) is 5.69 Å². The highest BCUT2D eigenvalue weighted by molar-refractivity contribution is 14.1. The highest BCUT2D eigenvalue weighted by atomic mass is 127. The molecule has 1 aromatic rings. The van der Waals surface area contributed by atoms with Gasteiger partial charge >= 0.3 is 0 Å². The number of fused-ring (bicyclic) bond motifs is 1. The molecule has 2 atom stereocenters. The fraction of sp³-hybridized carbons (Fsp3) is 0.750. The molecule has 0 saturated heterocycles. The van der Waals surface area contributed by atoms with Crippen molar-refractivity contribution in [1.82, 2.24) is 9.78 Å². The second-order valence-corrected chi connectivity index (χ2v) is 6.51. The first-order chi connectivity index (χ1) is 7.58. The van der Waals surface area contributed by atoms with E-state index < -0.39 is 0 Å². The van der Waals surface area contributed by atoms with E-state index in [0.717, 1.165) is 28.4 Å². The third kappa shape index (κ3) is 1.61. The maximum atomic E-state index is 9.55. The van der Waals surface area contributed by atoms with Gasteiger partial charge in [0.15, 0.2) is 0 Å². The predicted molar refractivity (Wildman–Crippen MR) is 70.3 cm³/mol. The van der Waals surface area contributed by atoms with E-state index in [0.29, 0.717) is 12.0 Å². The van der Waals surface area contributed by atoms with Crippen molar-refractivity contribution in [3.63, 3.8) is 0 Å². The third-order valence-electron chi connectivity index (χ3n) is 3.99. The second kappa shape index (κ2) is 3.70. The van der Waals surface area contributed by atoms with Gasteiger partial charge in [0.1, 0.15) is 3.70 Å². The molecule has 88 valence electrons. The lowest BCUT2D eigenvalue weighted by Gasteiger charge is -2.13. The van der Waals surface area contributed by atoms with Crippen LogP contribution < -0.4 is 0 Å². The molecule has 0 aliphatic heterocycles. The molecule has 2 aliphatic rings. The van der Waals surface area contributed by atoms with E-state index in [1.54, 1.807) is 0 Å². The van der Waals surface area contributed by atoms with Crippen molar-refractivity contribution in [2.45, 2.75) is 44.8 Å². The lowest BCUT2D eigenvalue weighted by atomic mass is 10.1. The summed E-state index contributed by atoms with van der Waals surface area (Å²) < 4.78 is 3.25. The van der Waals surface area contributed by atoms with Gasteiger partial charge in [-0.3, -0.25) is 4.68 Å². The molecule has 1 heterocycles. The molecular formula is C12H17IN2O. The molecule has 2 fully saturated rings. The minimum Gasteiger partial charge on any atom is -0.393 e. The molecule has 0 amide bonds. The fourth-order valence-corrected chi connectivity index (χ4v) is 3.84. The van der Waals surface area contributed by atoms with Crippen molar-refractivity contribution in [2.75, 3.05) is 0 Å². The predicted octanol–water partition coefficient (Wildman–Crippen LogP) is 2.55. The highest BCUT2D eigenvalue weighted by Gasteiger charge is 2.57. The van der Waals surface area contributed by atoms with Gasteiger partial charge in [0.2, 0.25) is 0 Å². The summed E-state index contributed by atoms with van der Waals surface area (Å²) in [6, 6.07) is 2.65. The largest absolute Gasteiger partial charge is 0.393 e. The molecule has 0 bridgehead atoms. The van der Waals surface area contributed by atoms with E-state index >= 15 is 0 Å². The molecule has 0 radical (unpaired) electrons. The topological polar surface area (TPSA) is 38.0 Å². The van der Waals surface area contributed by atoms with Gasteiger partial charge in [-0.15, -0.1) is 0 Å². The molecule has 2 saturated carbocycles. The average molecular weight is 332 g/mol. The Bertz CT molecular complexity index is 403. The number of hydrogen-bond acceptors (Lipinski definition) is 2. The van der Waals surface area contributed by atoms with E-state index in [9.17, 15) is 5.11 Å². The number of aliphatic hydroxyl groups is 1. The molecule has 3 rings (SSSR count). The van der Waals surface area contributed by atoms with Crippen molar-refractivity contribution in [3.05, 3.63) is 15.5 Å². The lowest BCUT2D eigenvalue weighted by Crippen LogP contribution is -2.10. The van der Waals surface area contributed by atoms with E-state index in [2.05, 4.69) is 52.3 Å². The lowest BCUT2D eigenvalue weighted by molar-refractivity contribution is 0.165. The van der Waals surface area contributed by atoms with Gasteiger partial charge in [-0.2, -0.15) is 5.10 Å². The molecule has 3 nitrogen and oxygen atoms in total. The summed E-state index contributed by atoms with van der Waals surface area (Å²) in [6.45, 7) is 4.36. The Morgan fingerprint density at radius 2 is 2.06 bits per heavy atom. The van der Waals surface area contributed by atoms with Gasteiger partial charge < -0.3 is 5.11 Å². The average Bonchev–Trinajstić information content (AvgIpc) is 2.60. The van der Waals surface area contributed by atoms with Crippen LogP contribution in [0.15, 0.2) is 6.07 Å². The van der Waals surface area contributed by atoms with E-state index in [1.807, 2.05) is 0 Å². The molecular weight excluding hydrogens is 315 g/mol. The molecule has 0 aromatic carbocycles. The van der Waals surface area contributed by atoms with Gasteiger partial charge in [0, 0.05) is 17.7 Å². The van der Waals surface area contributed by atoms with Gasteiger partial charge in [0.25, 0.3) is 0 Å². The van der Waals surface area contributed by atoms with Crippen LogP contribution in [0.4, 0.5) is 0 Å². The fourth-order valence-electron chi connectivity index (χ4n) is 3.29. The summed E-state index contributed by atoms with van der Waals surface area (Å²) in [5, 5.41) is 14.1. The van der Waals surface area contributed by atoms with Crippen molar-refractivity contribution < 1.29 is 5.11 Å². The standard InChI is InChI=1S/C12H17IN2O/c1-6(2)15-10(5-11(13)14-15)12-8-3-7(16)4-9(8)12/h5-9,12,16H,3-4H2,1-2H3/t7?,8-,9-,12?/m1/s1. The van der Waals surface area contributed by atoms with Crippen molar-refractivity contribution in [1.29, 1.82) is 0 Å². The zero-order valence-electron chi connectivity index (χ0n) is 9.60. The Morgan fingerprint density at radius 1 is 1.44 bits per heavy atom. The van der Waals surface area contributed by atoms with Crippen LogP contribution in [0.2, 0.25) is 0 Å². The molecule has 2 aliphatic carbocycles. The van der Waals surface area contributed by atoms with E-state index in [4.69, 9.17) is 0 Å². The number of nitrogens with zero attached hydrogens (tertiary/aromatic N) is 2. The van der Waals surface area contributed by atoms with Crippen molar-refractivity contribution in [3.8, 4) is 0 Å². The molecule has 1 aromatic heterocycles. The molecule has 4 heteroatoms. The van der Waals surface area contributed by atoms with Crippen molar-refractivity contribution in [2.24, 2.45) is 11.8 Å². The summed E-state index contributed by atoms with van der Waals surface area (Å²) in [5.41, 5.74) is 1.39. The SMILES string of the molecule is CC(C)n1nc(I)cc1C1[C@@H]2CC(O)C[C@@H]12. The molecule has 0 spiro atoms. The summed E-state index contributed by atoms with van der Waals surface area (Å²) in [7, 11) is 0. The number of rotatable bonds is 2. The number of aliphatic hydroxyl groups excluding tert-OH is 1. The van der Waals surface area contributed by atoms with Gasteiger partial charge in [-0.1, -0.05) is 0 Å². The van der Waals surface area contributed by atoms with Crippen LogP contribution in [0, 0.1) is 15.5 Å². The van der Waals surface area contributed by atoms with Crippen LogP contribution in [-0.2, 0) is 0 Å². The van der Waals surface area contributed by atoms with Crippen LogP contribution in [-0.4, -0.2) is 21.0 Å². The number of hydrogen-bond donors (Lipinski definition) is 1. The highest BCUT2D eigenvalue weighted by Crippen LogP contribution is 2.63. The van der Waals surface area contributed by atoms with Crippen LogP contribution in [0.5, 0.6) is 0 Å². The minimum atomic E-state index is -0.0410. The van der Waals surface area contributed by atoms with Crippen LogP contribution in [0.25, 0.3) is 0 Å². The Labute approximate surface area is 109 Å². The van der Waals surface area contributed by atoms with Crippen LogP contribution >= 0.6 is 22.6 Å². The first kappa shape index (κ1) is 11.0.